The summed E-state index contributed by atoms with van der Waals surface area (Å²) in [7, 11) is 1.69. The molecule has 2 aromatic rings. The van der Waals surface area contributed by atoms with Gasteiger partial charge in [-0.2, -0.15) is 0 Å². The lowest BCUT2D eigenvalue weighted by Crippen LogP contribution is -2.21. The van der Waals surface area contributed by atoms with Gasteiger partial charge in [-0.1, -0.05) is 23.7 Å². The fourth-order valence-corrected chi connectivity index (χ4v) is 3.10. The predicted molar refractivity (Wildman–Crippen MR) is 82.3 cm³/mol. The van der Waals surface area contributed by atoms with E-state index in [-0.39, 0.29) is 12.1 Å². The van der Waals surface area contributed by atoms with E-state index in [1.54, 1.807) is 18.4 Å². The van der Waals surface area contributed by atoms with Gasteiger partial charge in [0.15, 0.2) is 0 Å². The van der Waals surface area contributed by atoms with Crippen LogP contribution in [0.2, 0.25) is 4.34 Å². The molecule has 0 amide bonds. The van der Waals surface area contributed by atoms with Gasteiger partial charge in [-0.05, 0) is 43.7 Å². The van der Waals surface area contributed by atoms with Crippen LogP contribution in [0.1, 0.15) is 36.4 Å². The summed E-state index contributed by atoms with van der Waals surface area (Å²) in [5.41, 5.74) is 1.22. The van der Waals surface area contributed by atoms with Crippen molar-refractivity contribution < 1.29 is 4.74 Å². The normalized spacial score (nSPS) is 14.1. The summed E-state index contributed by atoms with van der Waals surface area (Å²) in [6, 6.07) is 12.7. The molecule has 1 heterocycles. The molecule has 0 aliphatic heterocycles. The highest BCUT2D eigenvalue weighted by Crippen LogP contribution is 2.29. The number of ether oxygens (including phenoxy) is 1. The Kier molecular flexibility index (Phi) is 4.86. The second-order valence-corrected chi connectivity index (χ2v) is 6.28. The summed E-state index contributed by atoms with van der Waals surface area (Å²) in [6.45, 7) is 4.30. The fraction of sp³-hybridized carbons (Fsp3) is 0.333. The quantitative estimate of drug-likeness (QED) is 0.853. The van der Waals surface area contributed by atoms with E-state index in [9.17, 15) is 0 Å². The Balaban J connectivity index is 2.05. The lowest BCUT2D eigenvalue weighted by molar-refractivity contribution is 0.412. The molecule has 0 saturated carbocycles. The number of rotatable bonds is 5. The first-order valence-corrected chi connectivity index (χ1v) is 7.45. The van der Waals surface area contributed by atoms with Gasteiger partial charge in [0.05, 0.1) is 11.4 Å². The lowest BCUT2D eigenvalue weighted by atomic mass is 10.1. The molecule has 19 heavy (non-hydrogen) atoms. The maximum Gasteiger partial charge on any atom is 0.119 e. The van der Waals surface area contributed by atoms with Crippen LogP contribution in [0, 0.1) is 0 Å². The summed E-state index contributed by atoms with van der Waals surface area (Å²) in [5, 5.41) is 3.57. The zero-order valence-electron chi connectivity index (χ0n) is 11.3. The molecule has 0 radical (unpaired) electrons. The van der Waals surface area contributed by atoms with Crippen molar-refractivity contribution in [1.82, 2.24) is 5.32 Å². The van der Waals surface area contributed by atoms with E-state index in [0.717, 1.165) is 10.1 Å². The van der Waals surface area contributed by atoms with Crippen LogP contribution < -0.4 is 10.1 Å². The molecule has 0 spiro atoms. The maximum absolute atomic E-state index is 5.97. The van der Waals surface area contributed by atoms with Crippen LogP contribution in [-0.4, -0.2) is 7.11 Å². The average Bonchev–Trinajstić information content (AvgIpc) is 2.85. The van der Waals surface area contributed by atoms with Gasteiger partial charge in [0.2, 0.25) is 0 Å². The second-order valence-electron chi connectivity index (χ2n) is 4.53. The van der Waals surface area contributed by atoms with Crippen molar-refractivity contribution in [3.05, 3.63) is 51.2 Å². The maximum atomic E-state index is 5.97. The van der Waals surface area contributed by atoms with Crippen molar-refractivity contribution in [2.24, 2.45) is 0 Å². The number of nitrogens with one attached hydrogen (secondary N) is 1. The molecule has 2 rings (SSSR count). The van der Waals surface area contributed by atoms with Crippen LogP contribution in [0.5, 0.6) is 5.75 Å². The number of hydrogen-bond donors (Lipinski definition) is 1. The SMILES string of the molecule is COc1cccc([C@@H](C)NC(C)c2ccc(Cl)s2)c1. The van der Waals surface area contributed by atoms with Gasteiger partial charge in [-0.25, -0.2) is 0 Å². The second kappa shape index (κ2) is 6.42. The molecule has 0 aliphatic rings. The Labute approximate surface area is 123 Å². The summed E-state index contributed by atoms with van der Waals surface area (Å²) in [6.07, 6.45) is 0. The number of methoxy groups -OCH3 is 1. The summed E-state index contributed by atoms with van der Waals surface area (Å²) in [5.74, 6) is 0.887. The third kappa shape index (κ3) is 3.72. The van der Waals surface area contributed by atoms with Gasteiger partial charge in [0, 0.05) is 17.0 Å². The third-order valence-electron chi connectivity index (χ3n) is 3.11. The number of benzene rings is 1. The Morgan fingerprint density at radius 3 is 2.58 bits per heavy atom. The van der Waals surface area contributed by atoms with Crippen LogP contribution in [0.25, 0.3) is 0 Å². The minimum absolute atomic E-state index is 0.256. The third-order valence-corrected chi connectivity index (χ3v) is 4.53. The molecular weight excluding hydrogens is 278 g/mol. The fourth-order valence-electron chi connectivity index (χ4n) is 2.03. The van der Waals surface area contributed by atoms with Crippen molar-refractivity contribution in [3.63, 3.8) is 0 Å². The first kappa shape index (κ1) is 14.4. The first-order chi connectivity index (χ1) is 9.10. The molecule has 0 fully saturated rings. The van der Waals surface area contributed by atoms with Gasteiger partial charge in [-0.3, -0.25) is 0 Å². The van der Waals surface area contributed by atoms with Crippen LogP contribution in [0.4, 0.5) is 0 Å². The van der Waals surface area contributed by atoms with Crippen LogP contribution in [-0.2, 0) is 0 Å². The zero-order chi connectivity index (χ0) is 13.8. The van der Waals surface area contributed by atoms with Gasteiger partial charge in [0.1, 0.15) is 5.75 Å². The van der Waals surface area contributed by atoms with E-state index in [4.69, 9.17) is 16.3 Å². The summed E-state index contributed by atoms with van der Waals surface area (Å²) >= 11 is 7.59. The minimum atomic E-state index is 0.256. The molecule has 1 aromatic carbocycles. The van der Waals surface area contributed by atoms with Crippen molar-refractivity contribution in [2.45, 2.75) is 25.9 Å². The van der Waals surface area contributed by atoms with E-state index in [1.165, 1.54) is 10.4 Å². The molecule has 0 aliphatic carbocycles. The smallest absolute Gasteiger partial charge is 0.119 e. The Hall–Kier alpha value is -1.03. The van der Waals surface area contributed by atoms with E-state index < -0.39 is 0 Å². The van der Waals surface area contributed by atoms with Crippen molar-refractivity contribution in [1.29, 1.82) is 0 Å². The molecule has 1 aromatic heterocycles. The largest absolute Gasteiger partial charge is 0.497 e. The predicted octanol–water partition coefficient (Wildman–Crippen LogP) is 4.82. The van der Waals surface area contributed by atoms with E-state index in [2.05, 4.69) is 37.4 Å². The highest BCUT2D eigenvalue weighted by atomic mass is 35.5. The molecule has 2 atom stereocenters. The Morgan fingerprint density at radius 1 is 1.16 bits per heavy atom. The highest BCUT2D eigenvalue weighted by Gasteiger charge is 2.13. The van der Waals surface area contributed by atoms with Crippen molar-refractivity contribution >= 4 is 22.9 Å². The molecule has 4 heteroatoms. The van der Waals surface area contributed by atoms with Gasteiger partial charge < -0.3 is 10.1 Å². The number of thiophene rings is 1. The topological polar surface area (TPSA) is 21.3 Å². The minimum Gasteiger partial charge on any atom is -0.497 e. The standard InChI is InChI=1S/C15H18ClNOS/c1-10(12-5-4-6-13(9-12)18-3)17-11(2)14-7-8-15(16)19-14/h4-11,17H,1-3H3/t10-,11?/m1/s1. The van der Waals surface area contributed by atoms with Crippen LogP contribution in [0.3, 0.4) is 0 Å². The summed E-state index contributed by atoms with van der Waals surface area (Å²) < 4.78 is 6.09. The monoisotopic (exact) mass is 295 g/mol. The number of hydrogen-bond acceptors (Lipinski definition) is 3. The van der Waals surface area contributed by atoms with Crippen molar-refractivity contribution in [2.75, 3.05) is 7.11 Å². The molecule has 0 saturated heterocycles. The van der Waals surface area contributed by atoms with E-state index in [0.29, 0.717) is 0 Å². The van der Waals surface area contributed by atoms with Gasteiger partial charge >= 0.3 is 0 Å². The number of halogens is 1. The van der Waals surface area contributed by atoms with Gasteiger partial charge in [-0.15, -0.1) is 11.3 Å². The molecule has 1 N–H and O–H groups in total. The van der Waals surface area contributed by atoms with Crippen LogP contribution in [0.15, 0.2) is 36.4 Å². The Morgan fingerprint density at radius 2 is 1.95 bits per heavy atom. The molecule has 0 bridgehead atoms. The molecule has 102 valence electrons. The highest BCUT2D eigenvalue weighted by molar-refractivity contribution is 7.16. The van der Waals surface area contributed by atoms with E-state index in [1.807, 2.05) is 18.2 Å². The first-order valence-electron chi connectivity index (χ1n) is 6.25. The van der Waals surface area contributed by atoms with Crippen molar-refractivity contribution in [3.8, 4) is 5.75 Å². The zero-order valence-corrected chi connectivity index (χ0v) is 12.9. The summed E-state index contributed by atoms with van der Waals surface area (Å²) in [4.78, 5) is 1.25. The molecular formula is C15H18ClNOS. The van der Waals surface area contributed by atoms with Gasteiger partial charge in [0.25, 0.3) is 0 Å². The lowest BCUT2D eigenvalue weighted by Gasteiger charge is -2.20. The molecule has 2 nitrogen and oxygen atoms in total. The average molecular weight is 296 g/mol. The van der Waals surface area contributed by atoms with E-state index >= 15 is 0 Å². The Bertz CT molecular complexity index is 540. The van der Waals surface area contributed by atoms with Crippen LogP contribution >= 0.6 is 22.9 Å². The molecule has 1 unspecified atom stereocenters.